The molecule has 242 valence electrons. The summed E-state index contributed by atoms with van der Waals surface area (Å²) >= 11 is 0. The second-order valence-electron chi connectivity index (χ2n) is 12.6. The Labute approximate surface area is 264 Å². The Morgan fingerprint density at radius 2 is 1.93 bits per heavy atom. The number of fused-ring (bicyclic) bond motifs is 1. The predicted molar refractivity (Wildman–Crippen MR) is 163 cm³/mol. The third kappa shape index (κ3) is 5.78. The van der Waals surface area contributed by atoms with Crippen molar-refractivity contribution in [2.75, 3.05) is 31.1 Å². The Morgan fingerprint density at radius 3 is 2.65 bits per heavy atom. The highest BCUT2D eigenvalue weighted by atomic mass is 19.4. The Bertz CT molecular complexity index is 1730. The standard InChI is InChI=1S/C32H36F3N9O2/c33-32(34,35)26-15-21(17-43-12-1-3-22(43)19-45)16-27(40-26)46-23-5-13-42(14-6-23)30-25(28-24-4-11-37-29(24)39-20-38-28)18-44(41-30)31(9-10-36)7-2-8-31/h4,11,15-16,18,20,22-23,45H,1-3,5-9,12-14,17,19H2,(H,37,38,39)/t22-/m0/s1. The van der Waals surface area contributed by atoms with E-state index < -0.39 is 11.9 Å². The second kappa shape index (κ2) is 12.2. The molecule has 1 atom stereocenters. The van der Waals surface area contributed by atoms with Gasteiger partial charge in [-0.05, 0) is 56.3 Å². The number of nitriles is 1. The number of aromatic amines is 1. The normalized spacial score (nSPS) is 20.6. The van der Waals surface area contributed by atoms with Crippen molar-refractivity contribution in [2.24, 2.45) is 0 Å². The molecular formula is C32H36F3N9O2. The lowest BCUT2D eigenvalue weighted by Crippen LogP contribution is -2.41. The molecule has 1 aliphatic carbocycles. The summed E-state index contributed by atoms with van der Waals surface area (Å²) in [5, 5.41) is 25.2. The number of alkyl halides is 3. The summed E-state index contributed by atoms with van der Waals surface area (Å²) in [6, 6.07) is 6.90. The molecule has 14 heteroatoms. The molecule has 4 aromatic rings. The summed E-state index contributed by atoms with van der Waals surface area (Å²) in [5.74, 6) is 0.722. The van der Waals surface area contributed by atoms with Crippen molar-refractivity contribution < 1.29 is 23.0 Å². The van der Waals surface area contributed by atoms with E-state index in [9.17, 15) is 23.5 Å². The van der Waals surface area contributed by atoms with Crippen LogP contribution in [0.1, 0.15) is 62.6 Å². The van der Waals surface area contributed by atoms with Gasteiger partial charge in [0.2, 0.25) is 5.88 Å². The summed E-state index contributed by atoms with van der Waals surface area (Å²) in [6.45, 7) is 2.13. The lowest BCUT2D eigenvalue weighted by atomic mass is 9.75. The van der Waals surface area contributed by atoms with E-state index in [1.165, 1.54) is 6.33 Å². The van der Waals surface area contributed by atoms with E-state index in [0.29, 0.717) is 44.5 Å². The maximum atomic E-state index is 13.8. The molecule has 1 saturated carbocycles. The zero-order valence-electron chi connectivity index (χ0n) is 25.4. The van der Waals surface area contributed by atoms with Crippen molar-refractivity contribution in [2.45, 2.75) is 81.8 Å². The van der Waals surface area contributed by atoms with E-state index in [1.54, 1.807) is 6.07 Å². The predicted octanol–water partition coefficient (Wildman–Crippen LogP) is 5.03. The number of halogens is 3. The summed E-state index contributed by atoms with van der Waals surface area (Å²) in [5.41, 5.74) is 1.47. The molecule has 46 heavy (non-hydrogen) atoms. The van der Waals surface area contributed by atoms with E-state index in [0.717, 1.165) is 72.8 Å². The summed E-state index contributed by atoms with van der Waals surface area (Å²) in [6.07, 6.45) is 6.42. The van der Waals surface area contributed by atoms with Crippen LogP contribution in [0.5, 0.6) is 5.88 Å². The number of nitrogens with zero attached hydrogens (tertiary/aromatic N) is 8. The van der Waals surface area contributed by atoms with Crippen LogP contribution in [-0.4, -0.2) is 78.1 Å². The van der Waals surface area contributed by atoms with E-state index in [1.807, 2.05) is 28.0 Å². The SMILES string of the molecule is N#CCC1(n2cc(-c3ncnc4[nH]ccc34)c(N3CCC(Oc4cc(CN5CCC[C@H]5CO)cc(C(F)(F)F)n4)CC3)n2)CCC1. The first-order valence-electron chi connectivity index (χ1n) is 15.9. The van der Waals surface area contributed by atoms with Gasteiger partial charge in [0.25, 0.3) is 0 Å². The monoisotopic (exact) mass is 635 g/mol. The van der Waals surface area contributed by atoms with Crippen molar-refractivity contribution >= 4 is 16.9 Å². The zero-order chi connectivity index (χ0) is 31.9. The van der Waals surface area contributed by atoms with Gasteiger partial charge in [0.15, 0.2) is 5.82 Å². The Morgan fingerprint density at radius 1 is 1.11 bits per heavy atom. The smallest absolute Gasteiger partial charge is 0.433 e. The van der Waals surface area contributed by atoms with Crippen LogP contribution in [0, 0.1) is 11.3 Å². The molecule has 3 fully saturated rings. The Hall–Kier alpha value is -4.22. The number of hydrogen-bond acceptors (Lipinski definition) is 9. The lowest BCUT2D eigenvalue weighted by Gasteiger charge is -2.40. The molecule has 2 saturated heterocycles. The highest BCUT2D eigenvalue weighted by Crippen LogP contribution is 2.44. The highest BCUT2D eigenvalue weighted by Gasteiger charge is 2.41. The number of hydrogen-bond donors (Lipinski definition) is 2. The first kappa shape index (κ1) is 30.4. The average Bonchev–Trinajstić information content (AvgIpc) is 3.79. The molecule has 0 radical (unpaired) electrons. The fourth-order valence-electron chi connectivity index (χ4n) is 7.07. The van der Waals surface area contributed by atoms with Gasteiger partial charge in [-0.15, -0.1) is 0 Å². The van der Waals surface area contributed by atoms with Crippen molar-refractivity contribution in [3.05, 3.63) is 48.2 Å². The van der Waals surface area contributed by atoms with Crippen LogP contribution in [0.3, 0.4) is 0 Å². The second-order valence-corrected chi connectivity index (χ2v) is 12.6. The summed E-state index contributed by atoms with van der Waals surface area (Å²) < 4.78 is 49.5. The Kier molecular flexibility index (Phi) is 8.06. The van der Waals surface area contributed by atoms with E-state index in [-0.39, 0.29) is 30.2 Å². The maximum Gasteiger partial charge on any atom is 0.433 e. The minimum Gasteiger partial charge on any atom is -0.474 e. The fraction of sp³-hybridized carbons (Fsp3) is 0.531. The number of nitrogens with one attached hydrogen (secondary N) is 1. The summed E-state index contributed by atoms with van der Waals surface area (Å²) in [7, 11) is 0. The number of rotatable bonds is 9. The third-order valence-electron chi connectivity index (χ3n) is 9.76. The molecule has 6 heterocycles. The van der Waals surface area contributed by atoms with Gasteiger partial charge < -0.3 is 19.7 Å². The van der Waals surface area contributed by atoms with Crippen molar-refractivity contribution in [1.82, 2.24) is 34.6 Å². The summed E-state index contributed by atoms with van der Waals surface area (Å²) in [4.78, 5) is 20.1. The van der Waals surface area contributed by atoms with E-state index in [2.05, 4.69) is 30.9 Å². The fourth-order valence-corrected chi connectivity index (χ4v) is 7.07. The van der Waals surface area contributed by atoms with Crippen LogP contribution in [0.4, 0.5) is 19.0 Å². The maximum absolute atomic E-state index is 13.8. The van der Waals surface area contributed by atoms with Gasteiger partial charge in [-0.25, -0.2) is 15.0 Å². The van der Waals surface area contributed by atoms with E-state index >= 15 is 0 Å². The van der Waals surface area contributed by atoms with Crippen molar-refractivity contribution in [3.63, 3.8) is 0 Å². The number of piperidine rings is 1. The van der Waals surface area contributed by atoms with Crippen LogP contribution in [0.2, 0.25) is 0 Å². The molecule has 3 aliphatic rings. The quantitative estimate of drug-likeness (QED) is 0.260. The molecule has 0 aromatic carbocycles. The van der Waals surface area contributed by atoms with Crippen LogP contribution < -0.4 is 9.64 Å². The zero-order valence-corrected chi connectivity index (χ0v) is 25.4. The molecule has 2 aliphatic heterocycles. The molecule has 11 nitrogen and oxygen atoms in total. The molecule has 0 amide bonds. The first-order chi connectivity index (χ1) is 22.3. The van der Waals surface area contributed by atoms with Crippen LogP contribution >= 0.6 is 0 Å². The minimum atomic E-state index is -4.61. The number of aliphatic hydroxyl groups excluding tert-OH is 1. The molecule has 0 bridgehead atoms. The molecule has 4 aromatic heterocycles. The van der Waals surface area contributed by atoms with Gasteiger partial charge in [-0.3, -0.25) is 9.58 Å². The lowest BCUT2D eigenvalue weighted by molar-refractivity contribution is -0.141. The largest absolute Gasteiger partial charge is 0.474 e. The topological polar surface area (TPSA) is 132 Å². The molecular weight excluding hydrogens is 599 g/mol. The first-order valence-corrected chi connectivity index (χ1v) is 15.9. The van der Waals surface area contributed by atoms with Gasteiger partial charge in [0.05, 0.1) is 35.9 Å². The van der Waals surface area contributed by atoms with Gasteiger partial charge in [0.1, 0.15) is 23.8 Å². The molecule has 0 spiro atoms. The number of pyridine rings is 1. The number of likely N-dealkylation sites (tertiary alicyclic amines) is 1. The number of H-pyrrole nitrogens is 1. The molecule has 2 N–H and O–H groups in total. The van der Waals surface area contributed by atoms with Crippen molar-refractivity contribution in [1.29, 1.82) is 5.26 Å². The number of anilines is 1. The van der Waals surface area contributed by atoms with Crippen LogP contribution in [0.25, 0.3) is 22.3 Å². The van der Waals surface area contributed by atoms with Crippen LogP contribution in [0.15, 0.2) is 36.9 Å². The average molecular weight is 636 g/mol. The van der Waals surface area contributed by atoms with Gasteiger partial charge in [-0.2, -0.15) is 23.5 Å². The number of ether oxygens (including phenoxy) is 1. The Balaban J connectivity index is 1.12. The highest BCUT2D eigenvalue weighted by molar-refractivity contribution is 5.93. The van der Waals surface area contributed by atoms with Gasteiger partial charge >= 0.3 is 6.18 Å². The minimum absolute atomic E-state index is 0.0221. The van der Waals surface area contributed by atoms with Gasteiger partial charge in [0, 0.05) is 62.4 Å². The van der Waals surface area contributed by atoms with Crippen LogP contribution in [-0.2, 0) is 18.3 Å². The van der Waals surface area contributed by atoms with E-state index in [4.69, 9.17) is 9.84 Å². The molecule has 7 rings (SSSR count). The third-order valence-corrected chi connectivity index (χ3v) is 9.76. The van der Waals surface area contributed by atoms with Gasteiger partial charge in [-0.1, -0.05) is 0 Å². The number of aliphatic hydroxyl groups is 1. The van der Waals surface area contributed by atoms with Crippen molar-refractivity contribution in [3.8, 4) is 23.2 Å². The molecule has 0 unspecified atom stereocenters. The number of aromatic nitrogens is 6.